The Labute approximate surface area is 136 Å². The number of carboxylic acids is 1. The molecule has 2 rings (SSSR count). The summed E-state index contributed by atoms with van der Waals surface area (Å²) in [5.41, 5.74) is 1.99. The van der Waals surface area contributed by atoms with Crippen molar-refractivity contribution in [1.29, 1.82) is 0 Å². The number of phenolic OH excluding ortho intramolecular Hbond substituents is 1. The van der Waals surface area contributed by atoms with Crippen molar-refractivity contribution in [3.8, 4) is 11.5 Å². The van der Waals surface area contributed by atoms with E-state index in [1.165, 1.54) is 12.1 Å². The Bertz CT molecular complexity index is 651. The first-order valence-corrected chi connectivity index (χ1v) is 7.53. The first-order valence-electron chi connectivity index (χ1n) is 7.53. The average Bonchev–Trinajstić information content (AvgIpc) is 2.48. The van der Waals surface area contributed by atoms with Crippen molar-refractivity contribution in [2.24, 2.45) is 0 Å². The average molecular weight is 314 g/mol. The number of rotatable bonds is 5. The van der Waals surface area contributed by atoms with E-state index in [0.717, 1.165) is 11.1 Å². The lowest BCUT2D eigenvalue weighted by molar-refractivity contribution is -0.145. The third kappa shape index (κ3) is 4.74. The molecule has 23 heavy (non-hydrogen) atoms. The highest BCUT2D eigenvalue weighted by atomic mass is 16.5. The summed E-state index contributed by atoms with van der Waals surface area (Å²) in [6, 6.07) is 14.0. The Morgan fingerprint density at radius 2 is 1.61 bits per heavy atom. The zero-order chi connectivity index (χ0) is 17.0. The number of ether oxygens (including phenoxy) is 1. The van der Waals surface area contributed by atoms with Crippen LogP contribution in [0, 0.1) is 0 Å². The number of carboxylic acid groups (broad SMARTS) is 1. The third-order valence-electron chi connectivity index (χ3n) is 3.63. The highest BCUT2D eigenvalue weighted by Crippen LogP contribution is 2.25. The van der Waals surface area contributed by atoms with Gasteiger partial charge >= 0.3 is 5.97 Å². The number of aliphatic carboxylic acids is 1. The van der Waals surface area contributed by atoms with Crippen molar-refractivity contribution < 1.29 is 19.7 Å². The summed E-state index contributed by atoms with van der Waals surface area (Å²) in [6.45, 7) is 6.36. The van der Waals surface area contributed by atoms with Crippen molar-refractivity contribution >= 4 is 5.97 Å². The minimum Gasteiger partial charge on any atom is -0.508 e. The van der Waals surface area contributed by atoms with Crippen LogP contribution in [0.1, 0.15) is 31.9 Å². The monoisotopic (exact) mass is 314 g/mol. The van der Waals surface area contributed by atoms with Gasteiger partial charge in [0.15, 0.2) is 6.10 Å². The van der Waals surface area contributed by atoms with Gasteiger partial charge in [0.25, 0.3) is 0 Å². The molecular formula is C19H22O4. The van der Waals surface area contributed by atoms with Crippen LogP contribution in [0.25, 0.3) is 0 Å². The smallest absolute Gasteiger partial charge is 0.345 e. The standard InChI is InChI=1S/C19H22O4/c1-19(2,3)14-6-10-16(11-7-14)23-17(18(21)22)12-13-4-8-15(20)9-5-13/h4-11,17,20H,12H2,1-3H3,(H,21,22). The Hall–Kier alpha value is -2.49. The molecule has 4 heteroatoms. The normalized spacial score (nSPS) is 12.7. The summed E-state index contributed by atoms with van der Waals surface area (Å²) in [5, 5.41) is 18.6. The second-order valence-electron chi connectivity index (χ2n) is 6.59. The highest BCUT2D eigenvalue weighted by Gasteiger charge is 2.20. The maximum Gasteiger partial charge on any atom is 0.345 e. The van der Waals surface area contributed by atoms with E-state index in [9.17, 15) is 15.0 Å². The van der Waals surface area contributed by atoms with Gasteiger partial charge < -0.3 is 14.9 Å². The molecule has 2 aromatic carbocycles. The summed E-state index contributed by atoms with van der Waals surface area (Å²) in [4.78, 5) is 11.4. The van der Waals surface area contributed by atoms with Crippen LogP contribution >= 0.6 is 0 Å². The van der Waals surface area contributed by atoms with Crippen LogP contribution in [0.5, 0.6) is 11.5 Å². The fourth-order valence-corrected chi connectivity index (χ4v) is 2.22. The van der Waals surface area contributed by atoms with Crippen molar-refractivity contribution in [2.45, 2.75) is 38.7 Å². The Balaban J connectivity index is 2.10. The van der Waals surface area contributed by atoms with Crippen LogP contribution in [-0.2, 0) is 16.6 Å². The number of benzene rings is 2. The lowest BCUT2D eigenvalue weighted by atomic mass is 9.87. The van der Waals surface area contributed by atoms with Gasteiger partial charge in [-0.1, -0.05) is 45.0 Å². The Kier molecular flexibility index (Phi) is 4.94. The minimum absolute atomic E-state index is 0.0385. The summed E-state index contributed by atoms with van der Waals surface area (Å²) in [7, 11) is 0. The van der Waals surface area contributed by atoms with Gasteiger partial charge in [-0.05, 0) is 40.8 Å². The molecule has 0 aliphatic carbocycles. The summed E-state index contributed by atoms with van der Waals surface area (Å²) >= 11 is 0. The van der Waals surface area contributed by atoms with Crippen LogP contribution in [0.2, 0.25) is 0 Å². The molecule has 1 atom stereocenters. The van der Waals surface area contributed by atoms with Crippen LogP contribution < -0.4 is 4.74 Å². The summed E-state index contributed by atoms with van der Waals surface area (Å²) < 4.78 is 5.62. The van der Waals surface area contributed by atoms with E-state index in [4.69, 9.17) is 4.74 Å². The first-order chi connectivity index (χ1) is 10.8. The molecule has 0 aliphatic heterocycles. The number of phenols is 1. The van der Waals surface area contributed by atoms with E-state index in [1.807, 2.05) is 12.1 Å². The van der Waals surface area contributed by atoms with Crippen molar-refractivity contribution in [3.63, 3.8) is 0 Å². The predicted octanol–water partition coefficient (Wildman–Crippen LogP) is 3.76. The van der Waals surface area contributed by atoms with Gasteiger partial charge in [-0.2, -0.15) is 0 Å². The molecule has 0 spiro atoms. The second-order valence-corrected chi connectivity index (χ2v) is 6.59. The number of carbonyl (C=O) groups is 1. The molecule has 0 saturated carbocycles. The van der Waals surface area contributed by atoms with Gasteiger partial charge in [-0.3, -0.25) is 0 Å². The highest BCUT2D eigenvalue weighted by molar-refractivity contribution is 5.73. The zero-order valence-corrected chi connectivity index (χ0v) is 13.6. The van der Waals surface area contributed by atoms with E-state index in [0.29, 0.717) is 5.75 Å². The molecule has 122 valence electrons. The van der Waals surface area contributed by atoms with Crippen molar-refractivity contribution in [3.05, 3.63) is 59.7 Å². The molecule has 0 aliphatic rings. The van der Waals surface area contributed by atoms with Crippen molar-refractivity contribution in [1.82, 2.24) is 0 Å². The topological polar surface area (TPSA) is 66.8 Å². The van der Waals surface area contributed by atoms with Crippen LogP contribution in [-0.4, -0.2) is 22.3 Å². The minimum atomic E-state index is -1.02. The molecule has 0 radical (unpaired) electrons. The largest absolute Gasteiger partial charge is 0.508 e. The van der Waals surface area contributed by atoms with Crippen LogP contribution in [0.3, 0.4) is 0 Å². The Morgan fingerprint density at radius 3 is 2.09 bits per heavy atom. The maximum absolute atomic E-state index is 11.4. The van der Waals surface area contributed by atoms with Gasteiger partial charge in [0.1, 0.15) is 11.5 Å². The molecule has 0 bridgehead atoms. The molecule has 0 aromatic heterocycles. The summed E-state index contributed by atoms with van der Waals surface area (Å²) in [5.74, 6) is -0.332. The number of aromatic hydroxyl groups is 1. The van der Waals surface area contributed by atoms with Gasteiger partial charge in [0.05, 0.1) is 0 Å². The maximum atomic E-state index is 11.4. The SMILES string of the molecule is CC(C)(C)c1ccc(OC(Cc2ccc(O)cc2)C(=O)O)cc1. The van der Waals surface area contributed by atoms with Crippen LogP contribution in [0.4, 0.5) is 0 Å². The Morgan fingerprint density at radius 1 is 1.04 bits per heavy atom. The molecule has 4 nitrogen and oxygen atoms in total. The lowest BCUT2D eigenvalue weighted by Crippen LogP contribution is -2.29. The molecule has 0 saturated heterocycles. The number of hydrogen-bond donors (Lipinski definition) is 2. The molecule has 2 N–H and O–H groups in total. The quantitative estimate of drug-likeness (QED) is 0.881. The predicted molar refractivity (Wildman–Crippen MR) is 89.0 cm³/mol. The van der Waals surface area contributed by atoms with E-state index in [-0.39, 0.29) is 17.6 Å². The fourth-order valence-electron chi connectivity index (χ4n) is 2.22. The molecule has 0 fully saturated rings. The first kappa shape index (κ1) is 16.9. The van der Waals surface area contributed by atoms with Crippen molar-refractivity contribution in [2.75, 3.05) is 0 Å². The molecule has 1 unspecified atom stereocenters. The molecular weight excluding hydrogens is 292 g/mol. The van der Waals surface area contributed by atoms with Gasteiger partial charge in [-0.15, -0.1) is 0 Å². The van der Waals surface area contributed by atoms with Gasteiger partial charge in [0, 0.05) is 6.42 Å². The zero-order valence-electron chi connectivity index (χ0n) is 13.6. The van der Waals surface area contributed by atoms with Gasteiger partial charge in [0.2, 0.25) is 0 Å². The lowest BCUT2D eigenvalue weighted by Gasteiger charge is -2.20. The van der Waals surface area contributed by atoms with E-state index >= 15 is 0 Å². The van der Waals surface area contributed by atoms with E-state index in [1.54, 1.807) is 24.3 Å². The second kappa shape index (κ2) is 6.73. The van der Waals surface area contributed by atoms with Gasteiger partial charge in [-0.25, -0.2) is 4.79 Å². The third-order valence-corrected chi connectivity index (χ3v) is 3.63. The summed E-state index contributed by atoms with van der Waals surface area (Å²) in [6.07, 6.45) is -0.739. The molecule has 0 heterocycles. The van der Waals surface area contributed by atoms with E-state index < -0.39 is 12.1 Å². The molecule has 0 amide bonds. The number of hydrogen-bond acceptors (Lipinski definition) is 3. The molecule has 2 aromatic rings. The van der Waals surface area contributed by atoms with Crippen LogP contribution in [0.15, 0.2) is 48.5 Å². The fraction of sp³-hybridized carbons (Fsp3) is 0.316. The van der Waals surface area contributed by atoms with E-state index in [2.05, 4.69) is 20.8 Å².